The van der Waals surface area contributed by atoms with Gasteiger partial charge < -0.3 is 5.73 Å². The lowest BCUT2D eigenvalue weighted by Crippen LogP contribution is -2.27. The predicted octanol–water partition coefficient (Wildman–Crippen LogP) is 1.87. The van der Waals surface area contributed by atoms with Gasteiger partial charge in [0, 0.05) is 5.25 Å². The molecule has 2 heteroatoms. The third-order valence-corrected chi connectivity index (χ3v) is 3.84. The van der Waals surface area contributed by atoms with Crippen LogP contribution in [0.2, 0.25) is 0 Å². The van der Waals surface area contributed by atoms with E-state index in [0.29, 0.717) is 0 Å². The summed E-state index contributed by atoms with van der Waals surface area (Å²) in [6.45, 7) is 3.15. The van der Waals surface area contributed by atoms with E-state index in [1.807, 2.05) is 0 Å². The Kier molecular flexibility index (Phi) is 3.57. The molecule has 1 saturated heterocycles. The molecular weight excluding hydrogens is 142 g/mol. The minimum atomic E-state index is 0.871. The van der Waals surface area contributed by atoms with E-state index in [9.17, 15) is 0 Å². The van der Waals surface area contributed by atoms with E-state index in [4.69, 9.17) is 5.73 Å². The van der Waals surface area contributed by atoms with Crippen LogP contribution >= 0.6 is 11.8 Å². The molecule has 0 aromatic heterocycles. The highest BCUT2D eigenvalue weighted by Gasteiger charge is 2.25. The Bertz CT molecular complexity index is 91.3. The van der Waals surface area contributed by atoms with E-state index in [1.165, 1.54) is 25.0 Å². The van der Waals surface area contributed by atoms with Gasteiger partial charge >= 0.3 is 0 Å². The number of hydrogen-bond acceptors (Lipinski definition) is 2. The topological polar surface area (TPSA) is 26.0 Å². The maximum atomic E-state index is 5.51. The summed E-state index contributed by atoms with van der Waals surface area (Å²) in [7, 11) is 0. The van der Waals surface area contributed by atoms with Gasteiger partial charge in [0.1, 0.15) is 0 Å². The van der Waals surface area contributed by atoms with Crippen LogP contribution in [0.3, 0.4) is 0 Å². The van der Waals surface area contributed by atoms with Crippen LogP contribution in [0.25, 0.3) is 0 Å². The van der Waals surface area contributed by atoms with Crippen LogP contribution in [-0.2, 0) is 0 Å². The maximum absolute atomic E-state index is 5.51. The molecule has 0 spiro atoms. The minimum absolute atomic E-state index is 0.871. The predicted molar refractivity (Wildman–Crippen MR) is 48.3 cm³/mol. The largest absolute Gasteiger partial charge is 0.330 e. The zero-order chi connectivity index (χ0) is 7.40. The summed E-state index contributed by atoms with van der Waals surface area (Å²) in [6.07, 6.45) is 3.98. The van der Waals surface area contributed by atoms with Crippen LogP contribution in [0.1, 0.15) is 26.2 Å². The van der Waals surface area contributed by atoms with Crippen molar-refractivity contribution < 1.29 is 0 Å². The molecule has 60 valence electrons. The first-order valence-corrected chi connectivity index (χ1v) is 5.25. The van der Waals surface area contributed by atoms with Crippen molar-refractivity contribution in [1.82, 2.24) is 0 Å². The Morgan fingerprint density at radius 2 is 2.40 bits per heavy atom. The SMILES string of the molecule is CCC(CCN)C1CCS1. The summed E-state index contributed by atoms with van der Waals surface area (Å²) >= 11 is 2.12. The first kappa shape index (κ1) is 8.41. The van der Waals surface area contributed by atoms with Crippen molar-refractivity contribution in [2.24, 2.45) is 11.7 Å². The van der Waals surface area contributed by atoms with E-state index in [1.54, 1.807) is 0 Å². The molecule has 0 aliphatic carbocycles. The molecule has 1 rings (SSSR count). The lowest BCUT2D eigenvalue weighted by Gasteiger charge is -2.32. The summed E-state index contributed by atoms with van der Waals surface area (Å²) in [4.78, 5) is 0. The van der Waals surface area contributed by atoms with E-state index < -0.39 is 0 Å². The van der Waals surface area contributed by atoms with Crippen LogP contribution in [0.4, 0.5) is 0 Å². The Labute approximate surface area is 67.8 Å². The Morgan fingerprint density at radius 3 is 2.70 bits per heavy atom. The summed E-state index contributed by atoms with van der Waals surface area (Å²) in [6, 6.07) is 0. The van der Waals surface area contributed by atoms with Crippen LogP contribution < -0.4 is 5.73 Å². The van der Waals surface area contributed by atoms with Crippen LogP contribution in [0.5, 0.6) is 0 Å². The highest BCUT2D eigenvalue weighted by molar-refractivity contribution is 8.01. The average Bonchev–Trinajstić information content (AvgIpc) is 1.83. The molecular formula is C8H17NS. The van der Waals surface area contributed by atoms with Crippen molar-refractivity contribution in [2.75, 3.05) is 12.3 Å². The fourth-order valence-corrected chi connectivity index (χ4v) is 2.60. The second kappa shape index (κ2) is 4.24. The van der Waals surface area contributed by atoms with E-state index in [2.05, 4.69) is 18.7 Å². The average molecular weight is 159 g/mol. The molecule has 2 N–H and O–H groups in total. The second-order valence-corrected chi connectivity index (χ2v) is 4.29. The van der Waals surface area contributed by atoms with Crippen molar-refractivity contribution in [3.8, 4) is 0 Å². The molecule has 1 aliphatic heterocycles. The monoisotopic (exact) mass is 159 g/mol. The zero-order valence-electron chi connectivity index (χ0n) is 6.68. The van der Waals surface area contributed by atoms with Gasteiger partial charge in [-0.2, -0.15) is 11.8 Å². The Morgan fingerprint density at radius 1 is 1.70 bits per heavy atom. The molecule has 0 bridgehead atoms. The quantitative estimate of drug-likeness (QED) is 0.677. The summed E-state index contributed by atoms with van der Waals surface area (Å²) in [5.41, 5.74) is 5.51. The second-order valence-electron chi connectivity index (χ2n) is 2.94. The molecule has 0 aromatic carbocycles. The first-order valence-electron chi connectivity index (χ1n) is 4.20. The molecule has 1 heterocycles. The van der Waals surface area contributed by atoms with Crippen LogP contribution in [0.15, 0.2) is 0 Å². The first-order chi connectivity index (χ1) is 4.88. The lowest BCUT2D eigenvalue weighted by atomic mass is 9.96. The number of rotatable bonds is 4. The van der Waals surface area contributed by atoms with E-state index >= 15 is 0 Å². The number of nitrogens with two attached hydrogens (primary N) is 1. The summed E-state index contributed by atoms with van der Waals surface area (Å²) in [5, 5.41) is 0.952. The minimum Gasteiger partial charge on any atom is -0.330 e. The molecule has 2 unspecified atom stereocenters. The molecule has 0 radical (unpaired) electrons. The van der Waals surface area contributed by atoms with Crippen LogP contribution in [0, 0.1) is 5.92 Å². The number of thioether (sulfide) groups is 1. The molecule has 0 amide bonds. The molecule has 1 fully saturated rings. The van der Waals surface area contributed by atoms with Gasteiger partial charge in [0.15, 0.2) is 0 Å². The molecule has 1 nitrogen and oxygen atoms in total. The Balaban J connectivity index is 2.17. The molecule has 1 aliphatic rings. The van der Waals surface area contributed by atoms with Gasteiger partial charge in [-0.05, 0) is 31.1 Å². The van der Waals surface area contributed by atoms with Gasteiger partial charge in [0.05, 0.1) is 0 Å². The maximum Gasteiger partial charge on any atom is 0.00835 e. The Hall–Kier alpha value is 0.310. The summed E-state index contributed by atoms with van der Waals surface area (Å²) in [5.74, 6) is 2.29. The zero-order valence-corrected chi connectivity index (χ0v) is 7.49. The third-order valence-electron chi connectivity index (χ3n) is 2.32. The van der Waals surface area contributed by atoms with Gasteiger partial charge in [0.2, 0.25) is 0 Å². The molecule has 2 atom stereocenters. The van der Waals surface area contributed by atoms with Gasteiger partial charge in [-0.3, -0.25) is 0 Å². The molecule has 0 aromatic rings. The summed E-state index contributed by atoms with van der Waals surface area (Å²) < 4.78 is 0. The van der Waals surface area contributed by atoms with Crippen molar-refractivity contribution in [3.05, 3.63) is 0 Å². The lowest BCUT2D eigenvalue weighted by molar-refractivity contribution is 0.439. The van der Waals surface area contributed by atoms with Crippen molar-refractivity contribution in [2.45, 2.75) is 31.4 Å². The third kappa shape index (κ3) is 1.89. The highest BCUT2D eigenvalue weighted by Crippen LogP contribution is 2.36. The van der Waals surface area contributed by atoms with Crippen molar-refractivity contribution in [1.29, 1.82) is 0 Å². The molecule has 0 saturated carbocycles. The van der Waals surface area contributed by atoms with Gasteiger partial charge in [-0.15, -0.1) is 0 Å². The van der Waals surface area contributed by atoms with E-state index in [0.717, 1.165) is 17.7 Å². The van der Waals surface area contributed by atoms with Gasteiger partial charge in [0.25, 0.3) is 0 Å². The number of hydrogen-bond donors (Lipinski definition) is 1. The fraction of sp³-hybridized carbons (Fsp3) is 1.00. The van der Waals surface area contributed by atoms with Gasteiger partial charge in [-0.1, -0.05) is 13.3 Å². The van der Waals surface area contributed by atoms with E-state index in [-0.39, 0.29) is 0 Å². The fourth-order valence-electron chi connectivity index (χ4n) is 1.49. The highest BCUT2D eigenvalue weighted by atomic mass is 32.2. The smallest absolute Gasteiger partial charge is 0.00835 e. The van der Waals surface area contributed by atoms with Gasteiger partial charge in [-0.25, -0.2) is 0 Å². The van der Waals surface area contributed by atoms with Crippen LogP contribution in [-0.4, -0.2) is 17.5 Å². The molecule has 10 heavy (non-hydrogen) atoms. The van der Waals surface area contributed by atoms with Crippen molar-refractivity contribution in [3.63, 3.8) is 0 Å². The normalized spacial score (nSPS) is 27.6. The van der Waals surface area contributed by atoms with Crippen molar-refractivity contribution >= 4 is 11.8 Å². The standard InChI is InChI=1S/C8H17NS/c1-2-7(3-5-9)8-4-6-10-8/h7-8H,2-6,9H2,1H3.